The van der Waals surface area contributed by atoms with Gasteiger partial charge in [0.15, 0.2) is 0 Å². The van der Waals surface area contributed by atoms with E-state index in [2.05, 4.69) is 15.9 Å². The molecule has 0 aromatic heterocycles. The maximum absolute atomic E-state index is 9.31. The third kappa shape index (κ3) is 1.94. The van der Waals surface area contributed by atoms with Crippen molar-refractivity contribution in [3.05, 3.63) is 0 Å². The second-order valence-corrected chi connectivity index (χ2v) is 3.41. The van der Waals surface area contributed by atoms with E-state index >= 15 is 0 Å². The standard InChI is InChI=1S/C7H13BrO/c8-5-7(9)6-3-1-2-4-6/h6-7,9H,1-5H2/t7-/m1/s1. The molecule has 1 fully saturated rings. The summed E-state index contributed by atoms with van der Waals surface area (Å²) in [6.07, 6.45) is 5.00. The fraction of sp³-hybridized carbons (Fsp3) is 1.00. The van der Waals surface area contributed by atoms with Crippen molar-refractivity contribution < 1.29 is 5.11 Å². The Morgan fingerprint density at radius 3 is 2.44 bits per heavy atom. The summed E-state index contributed by atoms with van der Waals surface area (Å²) >= 11 is 3.27. The maximum atomic E-state index is 9.31. The van der Waals surface area contributed by atoms with E-state index in [1.165, 1.54) is 25.7 Å². The zero-order valence-corrected chi connectivity index (χ0v) is 7.10. The minimum atomic E-state index is -0.0903. The summed E-state index contributed by atoms with van der Waals surface area (Å²) < 4.78 is 0. The zero-order valence-electron chi connectivity index (χ0n) is 5.52. The Balaban J connectivity index is 2.24. The molecular formula is C7H13BrO. The van der Waals surface area contributed by atoms with Gasteiger partial charge in [-0.05, 0) is 18.8 Å². The first-order valence-corrected chi connectivity index (χ1v) is 4.71. The van der Waals surface area contributed by atoms with Gasteiger partial charge in [0, 0.05) is 5.33 Å². The molecule has 0 spiro atoms. The average Bonchev–Trinajstić information content (AvgIpc) is 2.37. The van der Waals surface area contributed by atoms with Crippen molar-refractivity contribution in [2.24, 2.45) is 5.92 Å². The molecule has 1 saturated carbocycles. The molecule has 0 aromatic carbocycles. The molecule has 1 rings (SSSR count). The highest BCUT2D eigenvalue weighted by atomic mass is 79.9. The van der Waals surface area contributed by atoms with Crippen LogP contribution in [0.15, 0.2) is 0 Å². The van der Waals surface area contributed by atoms with Crippen LogP contribution in [-0.2, 0) is 0 Å². The van der Waals surface area contributed by atoms with Crippen LogP contribution in [-0.4, -0.2) is 16.5 Å². The lowest BCUT2D eigenvalue weighted by Crippen LogP contribution is -2.18. The Kier molecular flexibility index (Phi) is 2.99. The quantitative estimate of drug-likeness (QED) is 0.664. The summed E-state index contributed by atoms with van der Waals surface area (Å²) in [4.78, 5) is 0. The fourth-order valence-electron chi connectivity index (χ4n) is 1.47. The van der Waals surface area contributed by atoms with E-state index in [1.54, 1.807) is 0 Å². The SMILES string of the molecule is O[C@H](CBr)C1CCCC1. The van der Waals surface area contributed by atoms with Crippen molar-refractivity contribution in [2.45, 2.75) is 31.8 Å². The minimum Gasteiger partial charge on any atom is -0.392 e. The van der Waals surface area contributed by atoms with Gasteiger partial charge < -0.3 is 5.11 Å². The smallest absolute Gasteiger partial charge is 0.0665 e. The van der Waals surface area contributed by atoms with Crippen molar-refractivity contribution in [1.82, 2.24) is 0 Å². The third-order valence-corrected chi connectivity index (χ3v) is 2.77. The second-order valence-electron chi connectivity index (χ2n) is 2.77. The molecule has 0 saturated heterocycles. The van der Waals surface area contributed by atoms with Crippen LogP contribution in [0.1, 0.15) is 25.7 Å². The van der Waals surface area contributed by atoms with Gasteiger partial charge in [0.05, 0.1) is 6.10 Å². The Hall–Kier alpha value is 0.440. The van der Waals surface area contributed by atoms with Crippen LogP contribution in [0.5, 0.6) is 0 Å². The van der Waals surface area contributed by atoms with E-state index in [9.17, 15) is 5.11 Å². The Labute approximate surface area is 64.6 Å². The molecule has 0 aliphatic heterocycles. The van der Waals surface area contributed by atoms with Crippen molar-refractivity contribution in [3.63, 3.8) is 0 Å². The highest BCUT2D eigenvalue weighted by Gasteiger charge is 2.21. The normalized spacial score (nSPS) is 24.7. The van der Waals surface area contributed by atoms with E-state index in [0.29, 0.717) is 5.92 Å². The number of hydrogen-bond donors (Lipinski definition) is 1. The Morgan fingerprint density at radius 1 is 1.44 bits per heavy atom. The topological polar surface area (TPSA) is 20.2 Å². The van der Waals surface area contributed by atoms with Crippen LogP contribution >= 0.6 is 15.9 Å². The highest BCUT2D eigenvalue weighted by molar-refractivity contribution is 9.09. The molecule has 1 aliphatic rings. The number of aliphatic hydroxyl groups excluding tert-OH is 1. The molecule has 1 atom stereocenters. The van der Waals surface area contributed by atoms with Crippen LogP contribution in [0.2, 0.25) is 0 Å². The molecule has 0 unspecified atom stereocenters. The Morgan fingerprint density at radius 2 is 2.00 bits per heavy atom. The molecule has 0 radical (unpaired) electrons. The average molecular weight is 193 g/mol. The van der Waals surface area contributed by atoms with Crippen LogP contribution in [0.4, 0.5) is 0 Å². The first-order chi connectivity index (χ1) is 4.34. The van der Waals surface area contributed by atoms with Gasteiger partial charge in [-0.1, -0.05) is 28.8 Å². The van der Waals surface area contributed by atoms with E-state index < -0.39 is 0 Å². The number of alkyl halides is 1. The number of rotatable bonds is 2. The number of hydrogen-bond acceptors (Lipinski definition) is 1. The lowest BCUT2D eigenvalue weighted by molar-refractivity contribution is 0.134. The molecule has 54 valence electrons. The molecule has 9 heavy (non-hydrogen) atoms. The Bertz CT molecular complexity index is 79.0. The van der Waals surface area contributed by atoms with Gasteiger partial charge in [-0.25, -0.2) is 0 Å². The van der Waals surface area contributed by atoms with Gasteiger partial charge >= 0.3 is 0 Å². The monoisotopic (exact) mass is 192 g/mol. The van der Waals surface area contributed by atoms with Crippen molar-refractivity contribution in [3.8, 4) is 0 Å². The lowest BCUT2D eigenvalue weighted by atomic mass is 10.0. The molecule has 2 heteroatoms. The predicted octanol–water partition coefficient (Wildman–Crippen LogP) is 1.93. The predicted molar refractivity (Wildman–Crippen MR) is 41.8 cm³/mol. The summed E-state index contributed by atoms with van der Waals surface area (Å²) in [7, 11) is 0. The molecule has 1 aliphatic carbocycles. The maximum Gasteiger partial charge on any atom is 0.0665 e. The molecule has 0 bridgehead atoms. The van der Waals surface area contributed by atoms with E-state index in [1.807, 2.05) is 0 Å². The largest absolute Gasteiger partial charge is 0.392 e. The van der Waals surface area contributed by atoms with Crippen LogP contribution in [0.25, 0.3) is 0 Å². The molecule has 1 N–H and O–H groups in total. The van der Waals surface area contributed by atoms with E-state index in [4.69, 9.17) is 0 Å². The summed E-state index contributed by atoms with van der Waals surface area (Å²) in [5.41, 5.74) is 0. The van der Waals surface area contributed by atoms with Gasteiger partial charge in [0.2, 0.25) is 0 Å². The van der Waals surface area contributed by atoms with Crippen LogP contribution < -0.4 is 0 Å². The van der Waals surface area contributed by atoms with Gasteiger partial charge in [-0.3, -0.25) is 0 Å². The lowest BCUT2D eigenvalue weighted by Gasteiger charge is -2.13. The third-order valence-electron chi connectivity index (χ3n) is 2.10. The van der Waals surface area contributed by atoms with Gasteiger partial charge in [0.25, 0.3) is 0 Å². The van der Waals surface area contributed by atoms with Crippen molar-refractivity contribution >= 4 is 15.9 Å². The molecule has 0 amide bonds. The summed E-state index contributed by atoms with van der Waals surface area (Å²) in [5, 5.41) is 10.1. The summed E-state index contributed by atoms with van der Waals surface area (Å²) in [5.74, 6) is 0.587. The van der Waals surface area contributed by atoms with Crippen molar-refractivity contribution in [2.75, 3.05) is 5.33 Å². The summed E-state index contributed by atoms with van der Waals surface area (Å²) in [6, 6.07) is 0. The van der Waals surface area contributed by atoms with Crippen molar-refractivity contribution in [1.29, 1.82) is 0 Å². The second kappa shape index (κ2) is 3.57. The first-order valence-electron chi connectivity index (χ1n) is 3.58. The van der Waals surface area contributed by atoms with Crippen LogP contribution in [0, 0.1) is 5.92 Å². The molecular weight excluding hydrogens is 180 g/mol. The highest BCUT2D eigenvalue weighted by Crippen LogP contribution is 2.28. The van der Waals surface area contributed by atoms with Gasteiger partial charge in [-0.2, -0.15) is 0 Å². The van der Waals surface area contributed by atoms with Gasteiger partial charge in [0.1, 0.15) is 0 Å². The van der Waals surface area contributed by atoms with E-state index in [0.717, 1.165) is 5.33 Å². The molecule has 0 aromatic rings. The minimum absolute atomic E-state index is 0.0903. The molecule has 1 nitrogen and oxygen atoms in total. The number of aliphatic hydroxyl groups is 1. The number of halogens is 1. The fourth-order valence-corrected chi connectivity index (χ4v) is 2.00. The molecule has 0 heterocycles. The summed E-state index contributed by atoms with van der Waals surface area (Å²) in [6.45, 7) is 0. The van der Waals surface area contributed by atoms with Gasteiger partial charge in [-0.15, -0.1) is 0 Å². The first kappa shape index (κ1) is 7.55. The van der Waals surface area contributed by atoms with E-state index in [-0.39, 0.29) is 6.10 Å². The zero-order chi connectivity index (χ0) is 6.69. The van der Waals surface area contributed by atoms with Crippen LogP contribution in [0.3, 0.4) is 0 Å².